The molecular weight excluding hydrogens is 386 g/mol. The molecule has 0 saturated heterocycles. The molecule has 0 aliphatic rings. The van der Waals surface area contributed by atoms with Crippen molar-refractivity contribution in [2.75, 3.05) is 25.5 Å². The minimum Gasteiger partial charge on any atom is -0.497 e. The topological polar surface area (TPSA) is 76.4 Å². The lowest BCUT2D eigenvalue weighted by molar-refractivity contribution is 0.0926. The van der Waals surface area contributed by atoms with Crippen LogP contribution in [-0.4, -0.2) is 30.5 Å². The molecule has 0 unspecified atom stereocenters. The Hall–Kier alpha value is -3.32. The largest absolute Gasteiger partial charge is 0.497 e. The number of aromatic nitrogens is 1. The van der Waals surface area contributed by atoms with E-state index in [0.717, 1.165) is 40.2 Å². The van der Waals surface area contributed by atoms with E-state index in [4.69, 9.17) is 9.15 Å². The first-order chi connectivity index (χ1) is 14.2. The molecule has 6 nitrogen and oxygen atoms in total. The SMILES string of the molecule is COc1ccc(-c2ccc(C(=O)NCCCNc3nsc4ccccc34)o2)cc1. The van der Waals surface area contributed by atoms with Crippen LogP contribution >= 0.6 is 11.5 Å². The van der Waals surface area contributed by atoms with Gasteiger partial charge in [0.05, 0.1) is 11.8 Å². The van der Waals surface area contributed by atoms with Gasteiger partial charge in [0.15, 0.2) is 5.76 Å². The number of carbonyl (C=O) groups excluding carboxylic acids is 1. The fourth-order valence-electron chi connectivity index (χ4n) is 2.97. The number of carbonyl (C=O) groups is 1. The quantitative estimate of drug-likeness (QED) is 0.411. The van der Waals surface area contributed by atoms with Crippen LogP contribution in [0.3, 0.4) is 0 Å². The standard InChI is InChI=1S/C22H21N3O3S/c1-27-16-9-7-15(8-10-16)18-11-12-19(28-18)22(26)24-14-4-13-23-21-17-5-2-3-6-20(17)29-25-21/h2-3,5-12H,4,13-14H2,1H3,(H,23,25)(H,24,26). The highest BCUT2D eigenvalue weighted by Gasteiger charge is 2.12. The maximum atomic E-state index is 12.3. The van der Waals surface area contributed by atoms with Crippen LogP contribution in [0.1, 0.15) is 17.0 Å². The molecular formula is C22H21N3O3S. The molecule has 0 bridgehead atoms. The first kappa shape index (κ1) is 19.0. The van der Waals surface area contributed by atoms with Gasteiger partial charge in [0.1, 0.15) is 17.3 Å². The number of nitrogens with zero attached hydrogens (tertiary/aromatic N) is 1. The molecule has 1 amide bonds. The van der Waals surface area contributed by atoms with Gasteiger partial charge in [0, 0.05) is 24.0 Å². The summed E-state index contributed by atoms with van der Waals surface area (Å²) in [6, 6.07) is 19.1. The monoisotopic (exact) mass is 407 g/mol. The summed E-state index contributed by atoms with van der Waals surface area (Å²) in [4.78, 5) is 12.3. The third-order valence-corrected chi connectivity index (χ3v) is 5.34. The number of fused-ring (bicyclic) bond motifs is 1. The fourth-order valence-corrected chi connectivity index (χ4v) is 3.72. The van der Waals surface area contributed by atoms with E-state index in [1.807, 2.05) is 36.4 Å². The van der Waals surface area contributed by atoms with Gasteiger partial charge < -0.3 is 19.8 Å². The first-order valence-corrected chi connectivity index (χ1v) is 10.1. The number of nitrogens with one attached hydrogen (secondary N) is 2. The number of amides is 1. The van der Waals surface area contributed by atoms with Crippen LogP contribution in [0.4, 0.5) is 5.82 Å². The van der Waals surface area contributed by atoms with Gasteiger partial charge in [-0.15, -0.1) is 0 Å². The van der Waals surface area contributed by atoms with Crippen LogP contribution in [-0.2, 0) is 0 Å². The molecule has 2 heterocycles. The number of anilines is 1. The van der Waals surface area contributed by atoms with Crippen LogP contribution in [0.5, 0.6) is 5.75 Å². The van der Waals surface area contributed by atoms with Gasteiger partial charge in [-0.05, 0) is 66.5 Å². The minimum absolute atomic E-state index is 0.219. The zero-order valence-corrected chi connectivity index (χ0v) is 16.8. The summed E-state index contributed by atoms with van der Waals surface area (Å²) in [5, 5.41) is 7.35. The van der Waals surface area contributed by atoms with E-state index in [1.165, 1.54) is 11.5 Å². The highest BCUT2D eigenvalue weighted by molar-refractivity contribution is 7.13. The maximum Gasteiger partial charge on any atom is 0.287 e. The third-order valence-electron chi connectivity index (χ3n) is 4.51. The van der Waals surface area contributed by atoms with Crippen LogP contribution in [0, 0.1) is 0 Å². The highest BCUT2D eigenvalue weighted by atomic mass is 32.1. The van der Waals surface area contributed by atoms with Crippen molar-refractivity contribution in [2.24, 2.45) is 0 Å². The Morgan fingerprint density at radius 2 is 1.90 bits per heavy atom. The molecule has 7 heteroatoms. The van der Waals surface area contributed by atoms with Gasteiger partial charge in [-0.2, -0.15) is 4.37 Å². The molecule has 0 fully saturated rings. The van der Waals surface area contributed by atoms with E-state index in [2.05, 4.69) is 27.1 Å². The number of methoxy groups -OCH3 is 1. The first-order valence-electron chi connectivity index (χ1n) is 9.35. The van der Waals surface area contributed by atoms with Crippen molar-refractivity contribution in [3.63, 3.8) is 0 Å². The van der Waals surface area contributed by atoms with E-state index in [-0.39, 0.29) is 5.91 Å². The number of hydrogen-bond acceptors (Lipinski definition) is 6. The number of furan rings is 1. The Kier molecular flexibility index (Phi) is 5.76. The van der Waals surface area contributed by atoms with Crippen molar-refractivity contribution in [2.45, 2.75) is 6.42 Å². The van der Waals surface area contributed by atoms with Crippen molar-refractivity contribution >= 4 is 33.3 Å². The molecule has 2 N–H and O–H groups in total. The lowest BCUT2D eigenvalue weighted by atomic mass is 10.2. The maximum absolute atomic E-state index is 12.3. The molecule has 0 atom stereocenters. The zero-order chi connectivity index (χ0) is 20.1. The van der Waals surface area contributed by atoms with E-state index in [9.17, 15) is 4.79 Å². The Morgan fingerprint density at radius 1 is 1.07 bits per heavy atom. The predicted octanol–water partition coefficient (Wildman–Crippen LogP) is 4.80. The van der Waals surface area contributed by atoms with Gasteiger partial charge in [-0.3, -0.25) is 4.79 Å². The summed E-state index contributed by atoms with van der Waals surface area (Å²) < 4.78 is 16.4. The summed E-state index contributed by atoms with van der Waals surface area (Å²) >= 11 is 1.48. The van der Waals surface area contributed by atoms with Crippen LogP contribution in [0.2, 0.25) is 0 Å². The van der Waals surface area contributed by atoms with Gasteiger partial charge >= 0.3 is 0 Å². The minimum atomic E-state index is -0.219. The van der Waals surface area contributed by atoms with Gasteiger partial charge in [-0.1, -0.05) is 12.1 Å². The van der Waals surface area contributed by atoms with Crippen LogP contribution in [0.15, 0.2) is 65.1 Å². The molecule has 0 aliphatic heterocycles. The number of ether oxygens (including phenoxy) is 1. The Morgan fingerprint density at radius 3 is 2.72 bits per heavy atom. The molecule has 148 valence electrons. The van der Waals surface area contributed by atoms with Crippen molar-refractivity contribution in [3.05, 3.63) is 66.4 Å². The van der Waals surface area contributed by atoms with Gasteiger partial charge in [-0.25, -0.2) is 0 Å². The van der Waals surface area contributed by atoms with E-state index >= 15 is 0 Å². The molecule has 4 aromatic rings. The van der Waals surface area contributed by atoms with Crippen molar-refractivity contribution in [1.82, 2.24) is 9.69 Å². The average Bonchev–Trinajstić information content (AvgIpc) is 3.41. The summed E-state index contributed by atoms with van der Waals surface area (Å²) in [6.07, 6.45) is 0.781. The van der Waals surface area contributed by atoms with E-state index in [1.54, 1.807) is 19.2 Å². The Balaban J connectivity index is 1.25. The average molecular weight is 407 g/mol. The fraction of sp³-hybridized carbons (Fsp3) is 0.182. The molecule has 0 aliphatic carbocycles. The normalized spacial score (nSPS) is 10.8. The summed E-state index contributed by atoms with van der Waals surface area (Å²) in [7, 11) is 1.62. The summed E-state index contributed by atoms with van der Waals surface area (Å²) in [6.45, 7) is 1.27. The smallest absolute Gasteiger partial charge is 0.287 e. The molecule has 0 spiro atoms. The molecule has 2 aromatic carbocycles. The summed E-state index contributed by atoms with van der Waals surface area (Å²) in [5.74, 6) is 2.40. The Bertz CT molecular complexity index is 1100. The van der Waals surface area contributed by atoms with Crippen molar-refractivity contribution < 1.29 is 13.9 Å². The number of rotatable bonds is 8. The van der Waals surface area contributed by atoms with Gasteiger partial charge in [0.2, 0.25) is 0 Å². The van der Waals surface area contributed by atoms with Crippen molar-refractivity contribution in [3.8, 4) is 17.1 Å². The zero-order valence-electron chi connectivity index (χ0n) is 16.0. The third kappa shape index (κ3) is 4.41. The second-order valence-corrected chi connectivity index (χ2v) is 7.26. The Labute approximate surface area is 172 Å². The molecule has 0 saturated carbocycles. The highest BCUT2D eigenvalue weighted by Crippen LogP contribution is 2.26. The molecule has 29 heavy (non-hydrogen) atoms. The molecule has 0 radical (unpaired) electrons. The molecule has 4 rings (SSSR count). The second-order valence-electron chi connectivity index (χ2n) is 6.46. The predicted molar refractivity (Wildman–Crippen MR) is 116 cm³/mol. The van der Waals surface area contributed by atoms with E-state index in [0.29, 0.717) is 18.1 Å². The second kappa shape index (κ2) is 8.79. The van der Waals surface area contributed by atoms with Crippen molar-refractivity contribution in [1.29, 1.82) is 0 Å². The van der Waals surface area contributed by atoms with Gasteiger partial charge in [0.25, 0.3) is 5.91 Å². The lowest BCUT2D eigenvalue weighted by Crippen LogP contribution is -2.25. The van der Waals surface area contributed by atoms with Crippen LogP contribution < -0.4 is 15.4 Å². The van der Waals surface area contributed by atoms with E-state index < -0.39 is 0 Å². The number of hydrogen-bond donors (Lipinski definition) is 2. The number of benzene rings is 2. The van der Waals surface area contributed by atoms with Crippen LogP contribution in [0.25, 0.3) is 21.4 Å². The lowest BCUT2D eigenvalue weighted by Gasteiger charge is -2.05. The summed E-state index contributed by atoms with van der Waals surface area (Å²) in [5.41, 5.74) is 0.893. The molecule has 2 aromatic heterocycles.